The molecular formula is C13H17N3O. The third kappa shape index (κ3) is 2.17. The smallest absolute Gasteiger partial charge is 0.155 e. The minimum absolute atomic E-state index is 0.682. The molecule has 0 aromatic carbocycles. The van der Waals surface area contributed by atoms with E-state index in [9.17, 15) is 0 Å². The fourth-order valence-electron chi connectivity index (χ4n) is 2.38. The van der Waals surface area contributed by atoms with Crippen LogP contribution in [0.3, 0.4) is 0 Å². The Balaban J connectivity index is 1.83. The van der Waals surface area contributed by atoms with E-state index < -0.39 is 0 Å². The van der Waals surface area contributed by atoms with Gasteiger partial charge in [-0.1, -0.05) is 6.07 Å². The molecule has 0 saturated carbocycles. The van der Waals surface area contributed by atoms with Gasteiger partial charge in [0, 0.05) is 25.3 Å². The van der Waals surface area contributed by atoms with Crippen molar-refractivity contribution in [3.63, 3.8) is 0 Å². The van der Waals surface area contributed by atoms with Gasteiger partial charge in [-0.2, -0.15) is 5.10 Å². The lowest BCUT2D eigenvalue weighted by Gasteiger charge is -2.20. The summed E-state index contributed by atoms with van der Waals surface area (Å²) in [7, 11) is 0. The molecule has 4 heteroatoms. The molecule has 2 aromatic heterocycles. The summed E-state index contributed by atoms with van der Waals surface area (Å²) in [5, 5.41) is 4.57. The molecule has 0 radical (unpaired) electrons. The molecule has 0 atom stereocenters. The second-order valence-electron chi connectivity index (χ2n) is 4.73. The number of aromatic nitrogens is 3. The summed E-state index contributed by atoms with van der Waals surface area (Å²) in [6.07, 6.45) is 3.24. The van der Waals surface area contributed by atoms with Crippen LogP contribution >= 0.6 is 0 Å². The van der Waals surface area contributed by atoms with Gasteiger partial charge in [-0.3, -0.25) is 0 Å². The van der Waals surface area contributed by atoms with Gasteiger partial charge in [-0.25, -0.2) is 9.50 Å². The van der Waals surface area contributed by atoms with Gasteiger partial charge >= 0.3 is 0 Å². The van der Waals surface area contributed by atoms with E-state index in [4.69, 9.17) is 4.74 Å². The molecule has 1 aliphatic rings. The molecule has 1 aliphatic heterocycles. The summed E-state index contributed by atoms with van der Waals surface area (Å²) in [5.74, 6) is 1.65. The number of rotatable bonds is 2. The normalized spacial score (nSPS) is 17.7. The van der Waals surface area contributed by atoms with Crippen LogP contribution in [0.1, 0.15) is 24.4 Å². The molecule has 1 saturated heterocycles. The highest BCUT2D eigenvalue weighted by Crippen LogP contribution is 2.19. The molecular weight excluding hydrogens is 214 g/mol. The first-order chi connectivity index (χ1) is 8.33. The molecule has 3 rings (SSSR count). The van der Waals surface area contributed by atoms with Gasteiger partial charge in [0.1, 0.15) is 0 Å². The average Bonchev–Trinajstić information content (AvgIpc) is 2.74. The number of ether oxygens (including phenoxy) is 1. The van der Waals surface area contributed by atoms with Crippen molar-refractivity contribution in [1.29, 1.82) is 0 Å². The Bertz CT molecular complexity index is 514. The minimum Gasteiger partial charge on any atom is -0.381 e. The van der Waals surface area contributed by atoms with Crippen LogP contribution in [-0.2, 0) is 11.2 Å². The average molecular weight is 231 g/mol. The van der Waals surface area contributed by atoms with Gasteiger partial charge in [0.2, 0.25) is 0 Å². The van der Waals surface area contributed by atoms with Crippen LogP contribution in [0.4, 0.5) is 0 Å². The van der Waals surface area contributed by atoms with Gasteiger partial charge in [0.25, 0.3) is 0 Å². The lowest BCUT2D eigenvalue weighted by atomic mass is 9.96. The Morgan fingerprint density at radius 1 is 1.35 bits per heavy atom. The quantitative estimate of drug-likeness (QED) is 0.793. The summed E-state index contributed by atoms with van der Waals surface area (Å²) >= 11 is 0. The summed E-state index contributed by atoms with van der Waals surface area (Å²) in [4.78, 5) is 4.58. The molecule has 1 fully saturated rings. The molecule has 90 valence electrons. The standard InChI is InChI=1S/C13H17N3O/c1-10-3-2-4-13-14-12(15-16(10)13)9-11-5-7-17-8-6-11/h2-4,11H,5-9H2,1H3. The van der Waals surface area contributed by atoms with Crippen LogP contribution in [0, 0.1) is 12.8 Å². The van der Waals surface area contributed by atoms with Crippen molar-refractivity contribution in [2.75, 3.05) is 13.2 Å². The maximum absolute atomic E-state index is 5.37. The molecule has 0 aliphatic carbocycles. The van der Waals surface area contributed by atoms with Gasteiger partial charge < -0.3 is 4.74 Å². The lowest BCUT2D eigenvalue weighted by Crippen LogP contribution is -2.18. The zero-order valence-corrected chi connectivity index (χ0v) is 10.1. The highest BCUT2D eigenvalue weighted by Gasteiger charge is 2.16. The number of nitrogens with zero attached hydrogens (tertiary/aromatic N) is 3. The molecule has 17 heavy (non-hydrogen) atoms. The van der Waals surface area contributed by atoms with Crippen molar-refractivity contribution in [2.24, 2.45) is 5.92 Å². The maximum atomic E-state index is 5.37. The van der Waals surface area contributed by atoms with Crippen molar-refractivity contribution >= 4 is 5.65 Å². The predicted octanol–water partition coefficient (Wildman–Crippen LogP) is 2.01. The fourth-order valence-corrected chi connectivity index (χ4v) is 2.38. The molecule has 0 unspecified atom stereocenters. The molecule has 0 N–H and O–H groups in total. The maximum Gasteiger partial charge on any atom is 0.155 e. The first-order valence-corrected chi connectivity index (χ1v) is 6.22. The second kappa shape index (κ2) is 4.45. The third-order valence-electron chi connectivity index (χ3n) is 3.40. The predicted molar refractivity (Wildman–Crippen MR) is 65.0 cm³/mol. The summed E-state index contributed by atoms with van der Waals surface area (Å²) < 4.78 is 7.29. The highest BCUT2D eigenvalue weighted by atomic mass is 16.5. The van der Waals surface area contributed by atoms with Crippen LogP contribution in [-0.4, -0.2) is 27.8 Å². The van der Waals surface area contributed by atoms with Crippen LogP contribution in [0.5, 0.6) is 0 Å². The number of hydrogen-bond acceptors (Lipinski definition) is 3. The number of fused-ring (bicyclic) bond motifs is 1. The van der Waals surface area contributed by atoms with Crippen LogP contribution in [0.2, 0.25) is 0 Å². The zero-order valence-electron chi connectivity index (χ0n) is 10.1. The topological polar surface area (TPSA) is 39.4 Å². The number of pyridine rings is 1. The van der Waals surface area contributed by atoms with Gasteiger partial charge in [-0.15, -0.1) is 0 Å². The summed E-state index contributed by atoms with van der Waals surface area (Å²) in [6, 6.07) is 6.09. The minimum atomic E-state index is 0.682. The zero-order chi connectivity index (χ0) is 11.7. The van der Waals surface area contributed by atoms with Crippen molar-refractivity contribution in [3.05, 3.63) is 29.7 Å². The Morgan fingerprint density at radius 3 is 2.94 bits per heavy atom. The molecule has 4 nitrogen and oxygen atoms in total. The molecule has 0 amide bonds. The SMILES string of the molecule is Cc1cccc2nc(CC3CCOCC3)nn12. The van der Waals surface area contributed by atoms with Crippen LogP contribution in [0.25, 0.3) is 5.65 Å². The van der Waals surface area contributed by atoms with E-state index in [2.05, 4.69) is 23.1 Å². The van der Waals surface area contributed by atoms with Crippen molar-refractivity contribution in [1.82, 2.24) is 14.6 Å². The summed E-state index contributed by atoms with van der Waals surface area (Å²) in [6.45, 7) is 3.83. The van der Waals surface area contributed by atoms with Crippen molar-refractivity contribution in [3.8, 4) is 0 Å². The van der Waals surface area contributed by atoms with E-state index in [0.717, 1.165) is 49.6 Å². The highest BCUT2D eigenvalue weighted by molar-refractivity contribution is 5.38. The first kappa shape index (κ1) is 10.7. The van der Waals surface area contributed by atoms with E-state index in [-0.39, 0.29) is 0 Å². The van der Waals surface area contributed by atoms with Gasteiger partial charge in [0.15, 0.2) is 11.5 Å². The second-order valence-corrected chi connectivity index (χ2v) is 4.73. The molecule has 0 bridgehead atoms. The van der Waals surface area contributed by atoms with Crippen LogP contribution in [0.15, 0.2) is 18.2 Å². The monoisotopic (exact) mass is 231 g/mol. The fraction of sp³-hybridized carbons (Fsp3) is 0.538. The van der Waals surface area contributed by atoms with E-state index >= 15 is 0 Å². The molecule has 0 spiro atoms. The van der Waals surface area contributed by atoms with Gasteiger partial charge in [-0.05, 0) is 37.8 Å². The number of hydrogen-bond donors (Lipinski definition) is 0. The van der Waals surface area contributed by atoms with E-state index in [0.29, 0.717) is 5.92 Å². The number of aryl methyl sites for hydroxylation is 1. The Hall–Kier alpha value is -1.42. The third-order valence-corrected chi connectivity index (χ3v) is 3.40. The van der Waals surface area contributed by atoms with E-state index in [1.807, 2.05) is 16.6 Å². The van der Waals surface area contributed by atoms with Crippen molar-refractivity contribution in [2.45, 2.75) is 26.2 Å². The Morgan fingerprint density at radius 2 is 2.18 bits per heavy atom. The molecule has 2 aromatic rings. The van der Waals surface area contributed by atoms with Gasteiger partial charge in [0.05, 0.1) is 0 Å². The summed E-state index contributed by atoms with van der Waals surface area (Å²) in [5.41, 5.74) is 2.08. The van der Waals surface area contributed by atoms with E-state index in [1.165, 1.54) is 0 Å². The largest absolute Gasteiger partial charge is 0.381 e. The van der Waals surface area contributed by atoms with Crippen molar-refractivity contribution < 1.29 is 4.74 Å². The Labute approximate surface area is 101 Å². The molecule has 3 heterocycles. The van der Waals surface area contributed by atoms with Crippen LogP contribution < -0.4 is 0 Å². The van der Waals surface area contributed by atoms with E-state index in [1.54, 1.807) is 0 Å². The lowest BCUT2D eigenvalue weighted by molar-refractivity contribution is 0.0660. The Kier molecular flexibility index (Phi) is 2.81. The first-order valence-electron chi connectivity index (χ1n) is 6.22.